The van der Waals surface area contributed by atoms with E-state index in [1.165, 1.54) is 30.5 Å². The van der Waals surface area contributed by atoms with Crippen LogP contribution in [0.1, 0.15) is 49.1 Å². The Hall–Kier alpha value is -1.11. The van der Waals surface area contributed by atoms with Crippen LogP contribution in [0.5, 0.6) is 0 Å². The van der Waals surface area contributed by atoms with Crippen LogP contribution in [-0.4, -0.2) is 45.3 Å². The Kier molecular flexibility index (Phi) is 6.06. The van der Waals surface area contributed by atoms with Crippen molar-refractivity contribution in [3.63, 3.8) is 0 Å². The number of amides is 1. The third-order valence-electron chi connectivity index (χ3n) is 5.08. The lowest BCUT2D eigenvalue weighted by Crippen LogP contribution is -2.32. The molecule has 3 rings (SSSR count). The predicted molar refractivity (Wildman–Crippen MR) is 90.3 cm³/mol. The van der Waals surface area contributed by atoms with E-state index in [1.54, 1.807) is 4.90 Å². The molecule has 1 heterocycles. The number of halogens is 1. The number of nitrogens with zero attached hydrogens (tertiary/aromatic N) is 2. The highest BCUT2D eigenvalue weighted by Gasteiger charge is 2.36. The zero-order valence-electron chi connectivity index (χ0n) is 13.6. The molecule has 7 heteroatoms. The zero-order chi connectivity index (χ0) is 15.7. The summed E-state index contributed by atoms with van der Waals surface area (Å²) in [7, 11) is 1.82. The molecule has 0 aromatic carbocycles. The number of aromatic amines is 1. The van der Waals surface area contributed by atoms with E-state index in [9.17, 15) is 9.90 Å². The largest absolute Gasteiger partial charge is 0.391 e. The van der Waals surface area contributed by atoms with Crippen LogP contribution >= 0.6 is 12.4 Å². The van der Waals surface area contributed by atoms with Gasteiger partial charge < -0.3 is 15.7 Å². The van der Waals surface area contributed by atoms with Gasteiger partial charge in [-0.1, -0.05) is 6.42 Å². The first kappa shape index (κ1) is 18.2. The second kappa shape index (κ2) is 7.64. The van der Waals surface area contributed by atoms with Gasteiger partial charge in [-0.05, 0) is 44.1 Å². The molecule has 3 atom stereocenters. The fourth-order valence-corrected chi connectivity index (χ4v) is 3.72. The third kappa shape index (κ3) is 3.87. The van der Waals surface area contributed by atoms with E-state index in [2.05, 4.69) is 10.2 Å². The summed E-state index contributed by atoms with van der Waals surface area (Å²) in [5.41, 5.74) is 9.36. The fourth-order valence-electron chi connectivity index (χ4n) is 3.72. The van der Waals surface area contributed by atoms with Crippen LogP contribution in [0.3, 0.4) is 0 Å². The number of nitrogens with two attached hydrogens (primary N) is 1. The maximum absolute atomic E-state index is 12.5. The lowest BCUT2D eigenvalue weighted by molar-refractivity contribution is -0.134. The minimum atomic E-state index is -0.552. The number of carbonyl (C=O) groups is 1. The standard InChI is InChI=1S/C16H26N4O2.ClH/c1-20(16(22)10-7-12(17)15(21)8-10)9-14-11-5-3-2-4-6-13(11)18-19-14;/h10,12,15,21H,2-9,17H2,1H3,(H,18,19);1H/t10-,12-,15-;/m0./s1. The van der Waals surface area contributed by atoms with Gasteiger partial charge in [0.2, 0.25) is 5.91 Å². The van der Waals surface area contributed by atoms with E-state index in [0.717, 1.165) is 18.5 Å². The average Bonchev–Trinajstić information content (AvgIpc) is 2.93. The van der Waals surface area contributed by atoms with Crippen molar-refractivity contribution in [2.45, 2.75) is 63.6 Å². The van der Waals surface area contributed by atoms with Crippen molar-refractivity contribution in [1.29, 1.82) is 0 Å². The Morgan fingerprint density at radius 1 is 1.35 bits per heavy atom. The van der Waals surface area contributed by atoms with Crippen LogP contribution < -0.4 is 5.73 Å². The molecule has 1 aromatic heterocycles. The molecule has 1 aromatic rings. The zero-order valence-corrected chi connectivity index (χ0v) is 14.4. The second-order valence-corrected chi connectivity index (χ2v) is 6.78. The van der Waals surface area contributed by atoms with E-state index in [4.69, 9.17) is 5.73 Å². The number of nitrogens with one attached hydrogen (secondary N) is 1. The molecule has 6 nitrogen and oxygen atoms in total. The van der Waals surface area contributed by atoms with Crippen molar-refractivity contribution in [3.8, 4) is 0 Å². The van der Waals surface area contributed by atoms with Crippen LogP contribution in [0.4, 0.5) is 0 Å². The molecule has 0 unspecified atom stereocenters. The van der Waals surface area contributed by atoms with E-state index in [-0.39, 0.29) is 30.3 Å². The van der Waals surface area contributed by atoms with Crippen molar-refractivity contribution < 1.29 is 9.90 Å². The van der Waals surface area contributed by atoms with Gasteiger partial charge in [-0.3, -0.25) is 9.89 Å². The van der Waals surface area contributed by atoms with Crippen LogP contribution in [0.15, 0.2) is 0 Å². The SMILES string of the molecule is CN(Cc1n[nH]c2c1CCCCC2)C(=O)[C@H]1C[C@H](N)[C@@H](O)C1.Cl. The topological polar surface area (TPSA) is 95.2 Å². The quantitative estimate of drug-likeness (QED) is 0.718. The van der Waals surface area contributed by atoms with Gasteiger partial charge in [-0.15, -0.1) is 12.4 Å². The molecule has 0 spiro atoms. The number of aliphatic hydroxyl groups excluding tert-OH is 1. The number of rotatable bonds is 3. The van der Waals surface area contributed by atoms with Gasteiger partial charge in [0.1, 0.15) is 0 Å². The summed E-state index contributed by atoms with van der Waals surface area (Å²) in [6, 6.07) is -0.274. The number of fused-ring (bicyclic) bond motifs is 1. The van der Waals surface area contributed by atoms with Crippen LogP contribution in [0, 0.1) is 5.92 Å². The van der Waals surface area contributed by atoms with Crippen LogP contribution in [0.2, 0.25) is 0 Å². The summed E-state index contributed by atoms with van der Waals surface area (Å²) in [5, 5.41) is 17.3. The summed E-state index contributed by atoms with van der Waals surface area (Å²) < 4.78 is 0. The van der Waals surface area contributed by atoms with Gasteiger partial charge in [0.25, 0.3) is 0 Å². The Morgan fingerprint density at radius 2 is 2.09 bits per heavy atom. The molecule has 0 bridgehead atoms. The van der Waals surface area contributed by atoms with Crippen LogP contribution in [0.25, 0.3) is 0 Å². The highest BCUT2D eigenvalue weighted by molar-refractivity contribution is 5.85. The van der Waals surface area contributed by atoms with Gasteiger partial charge in [-0.2, -0.15) is 5.10 Å². The molecule has 130 valence electrons. The molecule has 1 amide bonds. The summed E-state index contributed by atoms with van der Waals surface area (Å²) in [6.45, 7) is 0.534. The molecular weight excluding hydrogens is 316 g/mol. The normalized spacial score (nSPS) is 27.0. The number of aromatic nitrogens is 2. The van der Waals surface area contributed by atoms with Gasteiger partial charge in [0.05, 0.1) is 18.3 Å². The first-order valence-corrected chi connectivity index (χ1v) is 8.30. The van der Waals surface area contributed by atoms with Gasteiger partial charge in [0, 0.05) is 24.7 Å². The minimum Gasteiger partial charge on any atom is -0.391 e. The molecule has 0 saturated heterocycles. The molecule has 0 aliphatic heterocycles. The van der Waals surface area contributed by atoms with E-state index >= 15 is 0 Å². The molecule has 4 N–H and O–H groups in total. The van der Waals surface area contributed by atoms with E-state index < -0.39 is 6.10 Å². The maximum Gasteiger partial charge on any atom is 0.225 e. The van der Waals surface area contributed by atoms with Crippen molar-refractivity contribution in [2.24, 2.45) is 11.7 Å². The Labute approximate surface area is 143 Å². The Balaban J connectivity index is 0.00000192. The number of carbonyl (C=O) groups excluding carboxylic acids is 1. The predicted octanol–water partition coefficient (Wildman–Crippen LogP) is 1.16. The highest BCUT2D eigenvalue weighted by Crippen LogP contribution is 2.27. The summed E-state index contributed by atoms with van der Waals surface area (Å²) in [5.74, 6) is -0.0927. The molecule has 23 heavy (non-hydrogen) atoms. The maximum atomic E-state index is 12.5. The Morgan fingerprint density at radius 3 is 2.78 bits per heavy atom. The molecule has 2 aliphatic carbocycles. The molecule has 2 aliphatic rings. The average molecular weight is 343 g/mol. The molecular formula is C16H27ClN4O2. The minimum absolute atomic E-state index is 0. The van der Waals surface area contributed by atoms with Crippen molar-refractivity contribution >= 4 is 18.3 Å². The number of aryl methyl sites for hydroxylation is 1. The van der Waals surface area contributed by atoms with Crippen molar-refractivity contribution in [3.05, 3.63) is 17.0 Å². The first-order valence-electron chi connectivity index (χ1n) is 8.30. The molecule has 0 radical (unpaired) electrons. The van der Waals surface area contributed by atoms with Crippen LogP contribution in [-0.2, 0) is 24.2 Å². The molecule has 1 saturated carbocycles. The lowest BCUT2D eigenvalue weighted by atomic mass is 10.0. The lowest BCUT2D eigenvalue weighted by Gasteiger charge is -2.20. The van der Waals surface area contributed by atoms with Crippen molar-refractivity contribution in [1.82, 2.24) is 15.1 Å². The smallest absolute Gasteiger partial charge is 0.225 e. The number of H-pyrrole nitrogens is 1. The van der Waals surface area contributed by atoms with Gasteiger partial charge >= 0.3 is 0 Å². The molecule has 1 fully saturated rings. The summed E-state index contributed by atoms with van der Waals surface area (Å²) in [4.78, 5) is 14.3. The van der Waals surface area contributed by atoms with E-state index in [0.29, 0.717) is 19.4 Å². The fraction of sp³-hybridized carbons (Fsp3) is 0.750. The number of hydrogen-bond acceptors (Lipinski definition) is 4. The monoisotopic (exact) mass is 342 g/mol. The first-order chi connectivity index (χ1) is 10.6. The van der Waals surface area contributed by atoms with Gasteiger partial charge in [-0.25, -0.2) is 0 Å². The summed E-state index contributed by atoms with van der Waals surface area (Å²) in [6.07, 6.45) is 6.27. The highest BCUT2D eigenvalue weighted by atomic mass is 35.5. The number of aliphatic hydroxyl groups is 1. The van der Waals surface area contributed by atoms with Gasteiger partial charge in [0.15, 0.2) is 0 Å². The van der Waals surface area contributed by atoms with Crippen molar-refractivity contribution in [2.75, 3.05) is 7.05 Å². The third-order valence-corrected chi connectivity index (χ3v) is 5.08. The number of hydrogen-bond donors (Lipinski definition) is 3. The second-order valence-electron chi connectivity index (χ2n) is 6.78. The summed E-state index contributed by atoms with van der Waals surface area (Å²) >= 11 is 0. The Bertz CT molecular complexity index is 538. The van der Waals surface area contributed by atoms with E-state index in [1.807, 2.05) is 7.05 Å².